The number of hydrogen-bond acceptors (Lipinski definition) is 3. The van der Waals surface area contributed by atoms with Gasteiger partial charge in [-0.05, 0) is 38.8 Å². The highest BCUT2D eigenvalue weighted by molar-refractivity contribution is 5.76. The molecule has 4 heteroatoms. The minimum Gasteiger partial charge on any atom is -0.384 e. The maximum atomic E-state index is 11.7. The average molecular weight is 228 g/mol. The first-order valence-corrected chi connectivity index (χ1v) is 6.19. The maximum Gasteiger partial charge on any atom is 0.224 e. The minimum atomic E-state index is 0.244. The summed E-state index contributed by atoms with van der Waals surface area (Å²) in [5.41, 5.74) is 0. The predicted octanol–water partition coefficient (Wildman–Crippen LogP) is 0.871. The molecule has 0 atom stereocenters. The molecule has 0 aliphatic carbocycles. The monoisotopic (exact) mass is 228 g/mol. The highest BCUT2D eigenvalue weighted by Crippen LogP contribution is 2.20. The van der Waals surface area contributed by atoms with Crippen molar-refractivity contribution in [1.82, 2.24) is 10.2 Å². The molecule has 1 aliphatic heterocycles. The Morgan fingerprint density at radius 3 is 2.69 bits per heavy atom. The Morgan fingerprint density at radius 2 is 2.12 bits per heavy atom. The molecule has 4 nitrogen and oxygen atoms in total. The molecule has 1 heterocycles. The molecule has 0 aromatic rings. The second-order valence-electron chi connectivity index (χ2n) is 4.46. The van der Waals surface area contributed by atoms with Crippen LogP contribution in [0.5, 0.6) is 0 Å². The van der Waals surface area contributed by atoms with E-state index in [0.717, 1.165) is 38.4 Å². The number of nitrogens with zero attached hydrogens (tertiary/aromatic N) is 1. The van der Waals surface area contributed by atoms with Gasteiger partial charge in [-0.15, -0.1) is 0 Å². The average Bonchev–Trinajstić information content (AvgIpc) is 2.34. The van der Waals surface area contributed by atoms with Gasteiger partial charge in [0, 0.05) is 20.2 Å². The number of amides is 1. The van der Waals surface area contributed by atoms with Crippen LogP contribution >= 0.6 is 0 Å². The Morgan fingerprint density at radius 1 is 1.44 bits per heavy atom. The number of nitrogens with one attached hydrogen (secondary N) is 1. The van der Waals surface area contributed by atoms with Gasteiger partial charge in [0.05, 0.1) is 13.0 Å². The van der Waals surface area contributed by atoms with Crippen LogP contribution in [-0.4, -0.2) is 51.2 Å². The van der Waals surface area contributed by atoms with E-state index in [0.29, 0.717) is 13.0 Å². The van der Waals surface area contributed by atoms with E-state index < -0.39 is 0 Å². The zero-order chi connectivity index (χ0) is 11.8. The molecular formula is C12H24N2O2. The molecule has 1 saturated heterocycles. The predicted molar refractivity (Wildman–Crippen MR) is 64.3 cm³/mol. The van der Waals surface area contributed by atoms with Crippen LogP contribution in [0.3, 0.4) is 0 Å². The van der Waals surface area contributed by atoms with Crippen LogP contribution in [0, 0.1) is 5.92 Å². The number of methoxy groups -OCH3 is 1. The number of piperidine rings is 1. The molecule has 0 unspecified atom stereocenters. The molecule has 1 N–H and O–H groups in total. The number of ether oxygens (including phenoxy) is 1. The molecule has 1 amide bonds. The summed E-state index contributed by atoms with van der Waals surface area (Å²) < 4.78 is 4.92. The van der Waals surface area contributed by atoms with Crippen molar-refractivity contribution in [2.24, 2.45) is 5.92 Å². The van der Waals surface area contributed by atoms with Crippen molar-refractivity contribution >= 4 is 5.91 Å². The van der Waals surface area contributed by atoms with Crippen LogP contribution in [0.1, 0.15) is 25.7 Å². The lowest BCUT2D eigenvalue weighted by Gasteiger charge is -2.32. The molecule has 0 aromatic heterocycles. The minimum absolute atomic E-state index is 0.244. The standard InChI is InChI=1S/C12H24N2O2/c1-13-7-3-11-4-8-14(9-5-11)12(15)6-10-16-2/h11,13H,3-10H2,1-2H3. The van der Waals surface area contributed by atoms with E-state index >= 15 is 0 Å². The van der Waals surface area contributed by atoms with E-state index in [9.17, 15) is 4.79 Å². The summed E-state index contributed by atoms with van der Waals surface area (Å²) in [6, 6.07) is 0. The Hall–Kier alpha value is -0.610. The van der Waals surface area contributed by atoms with Crippen LogP contribution in [0.4, 0.5) is 0 Å². The first kappa shape index (κ1) is 13.5. The van der Waals surface area contributed by atoms with Gasteiger partial charge >= 0.3 is 0 Å². The van der Waals surface area contributed by atoms with Crippen LogP contribution in [-0.2, 0) is 9.53 Å². The SMILES string of the molecule is CNCCC1CCN(C(=O)CCOC)CC1. The van der Waals surface area contributed by atoms with Crippen LogP contribution in [0.2, 0.25) is 0 Å². The highest BCUT2D eigenvalue weighted by atomic mass is 16.5. The second kappa shape index (κ2) is 7.63. The molecule has 1 rings (SSSR count). The largest absolute Gasteiger partial charge is 0.384 e. The van der Waals surface area contributed by atoms with E-state index in [1.165, 1.54) is 6.42 Å². The summed E-state index contributed by atoms with van der Waals surface area (Å²) in [6.07, 6.45) is 4.06. The first-order valence-electron chi connectivity index (χ1n) is 6.19. The molecule has 0 saturated carbocycles. The quantitative estimate of drug-likeness (QED) is 0.733. The summed E-state index contributed by atoms with van der Waals surface area (Å²) in [5, 5.41) is 3.18. The Labute approximate surface area is 98.3 Å². The van der Waals surface area contributed by atoms with Crippen molar-refractivity contribution < 1.29 is 9.53 Å². The van der Waals surface area contributed by atoms with Gasteiger partial charge < -0.3 is 15.0 Å². The van der Waals surface area contributed by atoms with Gasteiger partial charge in [-0.25, -0.2) is 0 Å². The van der Waals surface area contributed by atoms with Crippen molar-refractivity contribution in [2.75, 3.05) is 40.4 Å². The number of carbonyl (C=O) groups excluding carboxylic acids is 1. The fourth-order valence-electron chi connectivity index (χ4n) is 2.17. The van der Waals surface area contributed by atoms with Gasteiger partial charge in [0.2, 0.25) is 5.91 Å². The third-order valence-electron chi connectivity index (χ3n) is 3.29. The van der Waals surface area contributed by atoms with Crippen molar-refractivity contribution in [3.63, 3.8) is 0 Å². The van der Waals surface area contributed by atoms with Gasteiger partial charge in [0.15, 0.2) is 0 Å². The summed E-state index contributed by atoms with van der Waals surface area (Å²) in [6.45, 7) is 3.48. The maximum absolute atomic E-state index is 11.7. The Bertz CT molecular complexity index is 201. The summed E-state index contributed by atoms with van der Waals surface area (Å²) in [7, 11) is 3.63. The third-order valence-corrected chi connectivity index (χ3v) is 3.29. The number of carbonyl (C=O) groups is 1. The Balaban J connectivity index is 2.18. The van der Waals surface area contributed by atoms with E-state index in [1.54, 1.807) is 7.11 Å². The second-order valence-corrected chi connectivity index (χ2v) is 4.46. The smallest absolute Gasteiger partial charge is 0.224 e. The van der Waals surface area contributed by atoms with Crippen molar-refractivity contribution in [1.29, 1.82) is 0 Å². The van der Waals surface area contributed by atoms with Gasteiger partial charge in [-0.2, -0.15) is 0 Å². The molecule has 1 fully saturated rings. The highest BCUT2D eigenvalue weighted by Gasteiger charge is 2.21. The normalized spacial score (nSPS) is 17.8. The van der Waals surface area contributed by atoms with Gasteiger partial charge in [-0.1, -0.05) is 0 Å². The van der Waals surface area contributed by atoms with Crippen LogP contribution < -0.4 is 5.32 Å². The zero-order valence-corrected chi connectivity index (χ0v) is 10.5. The first-order chi connectivity index (χ1) is 7.77. The topological polar surface area (TPSA) is 41.6 Å². The lowest BCUT2D eigenvalue weighted by atomic mass is 9.93. The number of rotatable bonds is 6. The fraction of sp³-hybridized carbons (Fsp3) is 0.917. The number of likely N-dealkylation sites (tertiary alicyclic amines) is 1. The molecular weight excluding hydrogens is 204 g/mol. The summed E-state index contributed by atoms with van der Waals surface area (Å²) >= 11 is 0. The lowest BCUT2D eigenvalue weighted by molar-refractivity contribution is -0.133. The van der Waals surface area contributed by atoms with Crippen molar-refractivity contribution in [2.45, 2.75) is 25.7 Å². The van der Waals surface area contributed by atoms with E-state index in [1.807, 2.05) is 11.9 Å². The summed E-state index contributed by atoms with van der Waals surface area (Å²) in [5.74, 6) is 1.04. The van der Waals surface area contributed by atoms with Gasteiger partial charge in [0.25, 0.3) is 0 Å². The third kappa shape index (κ3) is 4.49. The molecule has 1 aliphatic rings. The molecule has 0 spiro atoms. The van der Waals surface area contributed by atoms with Gasteiger partial charge in [0.1, 0.15) is 0 Å². The molecule has 16 heavy (non-hydrogen) atoms. The molecule has 0 bridgehead atoms. The number of hydrogen-bond donors (Lipinski definition) is 1. The van der Waals surface area contributed by atoms with Crippen molar-refractivity contribution in [3.05, 3.63) is 0 Å². The van der Waals surface area contributed by atoms with E-state index in [2.05, 4.69) is 5.32 Å². The fourth-order valence-corrected chi connectivity index (χ4v) is 2.17. The zero-order valence-electron chi connectivity index (χ0n) is 10.5. The van der Waals surface area contributed by atoms with Crippen molar-refractivity contribution in [3.8, 4) is 0 Å². The van der Waals surface area contributed by atoms with Gasteiger partial charge in [-0.3, -0.25) is 4.79 Å². The molecule has 0 aromatic carbocycles. The van der Waals surface area contributed by atoms with Crippen LogP contribution in [0.15, 0.2) is 0 Å². The molecule has 0 radical (unpaired) electrons. The van der Waals surface area contributed by atoms with E-state index in [4.69, 9.17) is 4.74 Å². The lowest BCUT2D eigenvalue weighted by Crippen LogP contribution is -2.39. The Kier molecular flexibility index (Phi) is 6.42. The van der Waals surface area contributed by atoms with E-state index in [-0.39, 0.29) is 5.91 Å². The molecule has 94 valence electrons. The summed E-state index contributed by atoms with van der Waals surface area (Å²) in [4.78, 5) is 13.7. The van der Waals surface area contributed by atoms with Crippen LogP contribution in [0.25, 0.3) is 0 Å².